The summed E-state index contributed by atoms with van der Waals surface area (Å²) in [6, 6.07) is 0. The van der Waals surface area contributed by atoms with Crippen molar-refractivity contribution in [2.24, 2.45) is 7.05 Å². The van der Waals surface area contributed by atoms with Gasteiger partial charge in [-0.25, -0.2) is 4.98 Å². The Bertz CT molecular complexity index is 433. The molecule has 0 aliphatic carbocycles. The monoisotopic (exact) mass is 223 g/mol. The van der Waals surface area contributed by atoms with Crippen LogP contribution in [-0.4, -0.2) is 26.3 Å². The molecule has 15 heavy (non-hydrogen) atoms. The van der Waals surface area contributed by atoms with Gasteiger partial charge in [-0.15, -0.1) is 10.2 Å². The number of imidazole rings is 1. The first-order valence-corrected chi connectivity index (χ1v) is 5.63. The van der Waals surface area contributed by atoms with E-state index in [1.54, 1.807) is 17.5 Å². The summed E-state index contributed by atoms with van der Waals surface area (Å²) in [5.74, 6) is 1.01. The average Bonchev–Trinajstić information content (AvgIpc) is 2.79. The molecule has 0 atom stereocenters. The molecule has 5 nitrogen and oxygen atoms in total. The van der Waals surface area contributed by atoms with Crippen LogP contribution in [0.5, 0.6) is 0 Å². The molecular formula is C9H13N5S. The lowest BCUT2D eigenvalue weighted by Crippen LogP contribution is -1.97. The van der Waals surface area contributed by atoms with Gasteiger partial charge in [0.1, 0.15) is 10.8 Å². The van der Waals surface area contributed by atoms with E-state index in [-0.39, 0.29) is 0 Å². The van der Waals surface area contributed by atoms with E-state index in [9.17, 15) is 0 Å². The highest BCUT2D eigenvalue weighted by atomic mass is 32.1. The Morgan fingerprint density at radius 2 is 2.33 bits per heavy atom. The summed E-state index contributed by atoms with van der Waals surface area (Å²) in [5, 5.41) is 13.1. The summed E-state index contributed by atoms with van der Waals surface area (Å²) < 4.78 is 1.99. The Hall–Kier alpha value is -1.43. The lowest BCUT2D eigenvalue weighted by molar-refractivity contribution is 0.812. The molecule has 2 heterocycles. The van der Waals surface area contributed by atoms with E-state index in [1.807, 2.05) is 24.7 Å². The molecule has 2 aromatic rings. The van der Waals surface area contributed by atoms with Crippen LogP contribution in [0.2, 0.25) is 0 Å². The minimum absolute atomic E-state index is 0.743. The van der Waals surface area contributed by atoms with Crippen LogP contribution in [-0.2, 0) is 13.5 Å². The molecule has 1 N–H and O–H groups in total. The predicted octanol–water partition coefficient (Wildman–Crippen LogP) is 1.29. The second kappa shape index (κ2) is 4.39. The van der Waals surface area contributed by atoms with Crippen LogP contribution in [0, 0.1) is 0 Å². The van der Waals surface area contributed by atoms with E-state index in [1.165, 1.54) is 0 Å². The Labute approximate surface area is 92.2 Å². The highest BCUT2D eigenvalue weighted by Crippen LogP contribution is 2.17. The van der Waals surface area contributed by atoms with Gasteiger partial charge in [0, 0.05) is 26.0 Å². The van der Waals surface area contributed by atoms with E-state index >= 15 is 0 Å². The van der Waals surface area contributed by atoms with Crippen molar-refractivity contribution in [3.8, 4) is 0 Å². The van der Waals surface area contributed by atoms with E-state index in [2.05, 4.69) is 20.5 Å². The summed E-state index contributed by atoms with van der Waals surface area (Å²) in [5.41, 5.74) is 0. The maximum Gasteiger partial charge on any atom is 0.205 e. The Morgan fingerprint density at radius 3 is 3.00 bits per heavy atom. The molecule has 0 aromatic carbocycles. The number of aryl methyl sites for hydroxylation is 1. The van der Waals surface area contributed by atoms with Crippen LogP contribution >= 0.6 is 11.3 Å². The van der Waals surface area contributed by atoms with E-state index in [0.29, 0.717) is 0 Å². The summed E-state index contributed by atoms with van der Waals surface area (Å²) in [6.07, 6.45) is 4.47. The van der Waals surface area contributed by atoms with Gasteiger partial charge in [0.05, 0.1) is 6.42 Å². The number of nitrogens with one attached hydrogen (secondary N) is 1. The topological polar surface area (TPSA) is 55.6 Å². The fraction of sp³-hybridized carbons (Fsp3) is 0.444. The van der Waals surface area contributed by atoms with Crippen molar-refractivity contribution in [2.75, 3.05) is 11.9 Å². The third kappa shape index (κ3) is 2.33. The largest absolute Gasteiger partial charge is 0.360 e. The Kier molecular flexibility index (Phi) is 2.96. The molecule has 2 aromatic heterocycles. The second-order valence-corrected chi connectivity index (χ2v) is 4.22. The Morgan fingerprint density at radius 1 is 1.47 bits per heavy atom. The molecule has 0 bridgehead atoms. The van der Waals surface area contributed by atoms with Gasteiger partial charge in [0.25, 0.3) is 0 Å². The normalized spacial score (nSPS) is 10.5. The van der Waals surface area contributed by atoms with Gasteiger partial charge < -0.3 is 9.88 Å². The van der Waals surface area contributed by atoms with E-state index in [0.717, 1.165) is 28.9 Å². The highest BCUT2D eigenvalue weighted by molar-refractivity contribution is 7.15. The molecule has 0 aliphatic heterocycles. The number of hydrogen-bond donors (Lipinski definition) is 1. The molecule has 0 saturated carbocycles. The molecule has 0 radical (unpaired) electrons. The number of hydrogen-bond acceptors (Lipinski definition) is 5. The maximum absolute atomic E-state index is 4.25. The van der Waals surface area contributed by atoms with Gasteiger partial charge in [-0.1, -0.05) is 11.3 Å². The minimum atomic E-state index is 0.743. The van der Waals surface area contributed by atoms with Gasteiger partial charge >= 0.3 is 0 Å². The van der Waals surface area contributed by atoms with Gasteiger partial charge in [-0.05, 0) is 6.92 Å². The van der Waals surface area contributed by atoms with Crippen LogP contribution in [0.4, 0.5) is 5.13 Å². The van der Waals surface area contributed by atoms with Crippen molar-refractivity contribution >= 4 is 16.5 Å². The number of anilines is 1. The summed E-state index contributed by atoms with van der Waals surface area (Å²) in [6.45, 7) is 2.91. The van der Waals surface area contributed by atoms with Gasteiger partial charge in [0.15, 0.2) is 0 Å². The maximum atomic E-state index is 4.25. The third-order valence-corrected chi connectivity index (χ3v) is 2.91. The molecule has 0 aliphatic rings. The second-order valence-electron chi connectivity index (χ2n) is 3.16. The molecule has 2 rings (SSSR count). The van der Waals surface area contributed by atoms with Crippen LogP contribution in [0.25, 0.3) is 0 Å². The molecule has 80 valence electrons. The first kappa shape index (κ1) is 10.1. The zero-order valence-corrected chi connectivity index (χ0v) is 9.58. The standard InChI is InChI=1S/C9H13N5S/c1-3-10-9-13-12-8(15-9)6-7-11-4-5-14(7)2/h4-5H,3,6H2,1-2H3,(H,10,13). The fourth-order valence-electron chi connectivity index (χ4n) is 1.25. The van der Waals surface area contributed by atoms with Crippen molar-refractivity contribution in [1.29, 1.82) is 0 Å². The molecular weight excluding hydrogens is 210 g/mol. The lowest BCUT2D eigenvalue weighted by atomic mass is 10.4. The van der Waals surface area contributed by atoms with Crippen molar-refractivity contribution < 1.29 is 0 Å². The van der Waals surface area contributed by atoms with Crippen LogP contribution in [0.15, 0.2) is 12.4 Å². The molecule has 0 amide bonds. The molecule has 0 spiro atoms. The van der Waals surface area contributed by atoms with Crippen molar-refractivity contribution in [2.45, 2.75) is 13.3 Å². The van der Waals surface area contributed by atoms with Crippen molar-refractivity contribution in [3.63, 3.8) is 0 Å². The highest BCUT2D eigenvalue weighted by Gasteiger charge is 2.06. The summed E-state index contributed by atoms with van der Waals surface area (Å²) >= 11 is 1.58. The van der Waals surface area contributed by atoms with Gasteiger partial charge in [0.2, 0.25) is 5.13 Å². The first-order chi connectivity index (χ1) is 7.29. The van der Waals surface area contributed by atoms with Crippen molar-refractivity contribution in [1.82, 2.24) is 19.7 Å². The molecule has 6 heteroatoms. The zero-order valence-electron chi connectivity index (χ0n) is 8.77. The lowest BCUT2D eigenvalue weighted by Gasteiger charge is -1.96. The quantitative estimate of drug-likeness (QED) is 0.848. The third-order valence-electron chi connectivity index (χ3n) is 2.03. The average molecular weight is 223 g/mol. The first-order valence-electron chi connectivity index (χ1n) is 4.82. The molecule has 0 fully saturated rings. The fourth-order valence-corrected chi connectivity index (χ4v) is 2.05. The van der Waals surface area contributed by atoms with E-state index in [4.69, 9.17) is 0 Å². The van der Waals surface area contributed by atoms with Crippen molar-refractivity contribution in [3.05, 3.63) is 23.2 Å². The molecule has 0 saturated heterocycles. The number of aromatic nitrogens is 4. The smallest absolute Gasteiger partial charge is 0.205 e. The number of rotatable bonds is 4. The Balaban J connectivity index is 2.08. The summed E-state index contributed by atoms with van der Waals surface area (Å²) in [4.78, 5) is 4.25. The van der Waals surface area contributed by atoms with Crippen LogP contribution < -0.4 is 5.32 Å². The minimum Gasteiger partial charge on any atom is -0.360 e. The van der Waals surface area contributed by atoms with Gasteiger partial charge in [-0.3, -0.25) is 0 Å². The van der Waals surface area contributed by atoms with Crippen LogP contribution in [0.1, 0.15) is 17.8 Å². The van der Waals surface area contributed by atoms with Gasteiger partial charge in [-0.2, -0.15) is 0 Å². The zero-order chi connectivity index (χ0) is 10.7. The van der Waals surface area contributed by atoms with Crippen LogP contribution in [0.3, 0.4) is 0 Å². The predicted molar refractivity (Wildman–Crippen MR) is 60.1 cm³/mol. The summed E-state index contributed by atoms with van der Waals surface area (Å²) in [7, 11) is 1.98. The number of nitrogens with zero attached hydrogens (tertiary/aromatic N) is 4. The van der Waals surface area contributed by atoms with E-state index < -0.39 is 0 Å². The SMILES string of the molecule is CCNc1nnc(Cc2nccn2C)s1. The molecule has 0 unspecified atom stereocenters.